The first-order valence-corrected chi connectivity index (χ1v) is 6.30. The van der Waals surface area contributed by atoms with Gasteiger partial charge in [-0.3, -0.25) is 9.11 Å². The molecule has 0 saturated heterocycles. The van der Waals surface area contributed by atoms with Crippen LogP contribution in [0, 0.1) is 0 Å². The lowest BCUT2D eigenvalue weighted by atomic mass is 10.3. The molecule has 9 heteroatoms. The first kappa shape index (κ1) is 11.9. The summed E-state index contributed by atoms with van der Waals surface area (Å²) in [7, 11) is -9.21. The number of hydrogen-bond donors (Lipinski definition) is 2. The summed E-state index contributed by atoms with van der Waals surface area (Å²) < 4.78 is 59.9. The first-order valence-electron chi connectivity index (χ1n) is 3.42. The largest absolute Gasteiger partial charge is 0.301 e. The van der Waals surface area contributed by atoms with Gasteiger partial charge in [-0.2, -0.15) is 16.8 Å². The molecule has 0 spiro atoms. The molecule has 0 fully saturated rings. The maximum absolute atomic E-state index is 10.7. The molecule has 0 aliphatic carbocycles. The van der Waals surface area contributed by atoms with Gasteiger partial charge in [-0.05, 0) is 18.2 Å². The van der Waals surface area contributed by atoms with E-state index in [1.165, 1.54) is 0 Å². The van der Waals surface area contributed by atoms with E-state index >= 15 is 0 Å². The van der Waals surface area contributed by atoms with Gasteiger partial charge < -0.3 is 5.73 Å². The summed E-state index contributed by atoms with van der Waals surface area (Å²) in [4.78, 5) is -1.52. The van der Waals surface area contributed by atoms with Crippen molar-refractivity contribution in [1.29, 1.82) is 0 Å². The van der Waals surface area contributed by atoms with Crippen LogP contribution in [0.25, 0.3) is 0 Å². The van der Waals surface area contributed by atoms with E-state index in [1.807, 2.05) is 0 Å². The van der Waals surface area contributed by atoms with Crippen molar-refractivity contribution in [2.24, 2.45) is 0 Å². The number of hydrogen-bond acceptors (Lipinski definition) is 4. The van der Waals surface area contributed by atoms with Gasteiger partial charge in [-0.15, -0.1) is 0 Å². The van der Waals surface area contributed by atoms with Crippen molar-refractivity contribution < 1.29 is 25.9 Å². The van der Waals surface area contributed by atoms with E-state index in [0.717, 1.165) is 12.1 Å². The molecule has 0 aromatic heterocycles. The molecule has 1 aromatic rings. The van der Waals surface area contributed by atoms with E-state index in [-0.39, 0.29) is 0 Å². The topological polar surface area (TPSA) is 133 Å². The molecule has 83 valence electrons. The highest BCUT2D eigenvalue weighted by Gasteiger charge is 2.17. The van der Waals surface area contributed by atoms with Gasteiger partial charge in [0.2, 0.25) is 0 Å². The van der Waals surface area contributed by atoms with Gasteiger partial charge in [-0.25, -0.2) is 0 Å². The molecule has 1 radical (unpaired) electrons. The van der Waals surface area contributed by atoms with Crippen LogP contribution in [0.5, 0.6) is 0 Å². The van der Waals surface area contributed by atoms with Gasteiger partial charge in [0.05, 0.1) is 15.5 Å². The Morgan fingerprint density at radius 2 is 1.20 bits per heavy atom. The molecular weight excluding hydrogens is 246 g/mol. The Bertz CT molecular complexity index is 538. The summed E-state index contributed by atoms with van der Waals surface area (Å²) in [5.74, 6) is 0. The molecule has 0 aliphatic rings. The van der Waals surface area contributed by atoms with Gasteiger partial charge in [-0.1, -0.05) is 0 Å². The Balaban J connectivity index is 3.57. The standard InChI is InChI=1S/C6H6NO6S2/c7-4-1-5(14(8,9)10)3-6(2-4)15(11,12)13/h1-3,7H,(H,8,9,10)(H,11,12,13). The Morgan fingerprint density at radius 1 is 0.867 bits per heavy atom. The fourth-order valence-electron chi connectivity index (χ4n) is 0.870. The maximum atomic E-state index is 10.7. The molecule has 0 aliphatic heterocycles. The molecule has 0 unspecified atom stereocenters. The van der Waals surface area contributed by atoms with Crippen LogP contribution in [0.15, 0.2) is 28.0 Å². The van der Waals surface area contributed by atoms with Crippen molar-refractivity contribution in [3.63, 3.8) is 0 Å². The van der Waals surface area contributed by atoms with Crippen molar-refractivity contribution >= 4 is 25.9 Å². The Labute approximate surface area is 86.0 Å². The summed E-state index contributed by atoms with van der Waals surface area (Å²) in [6.45, 7) is 0. The summed E-state index contributed by atoms with van der Waals surface area (Å²) in [6.07, 6.45) is 0. The minimum absolute atomic E-state index is 0.460. The van der Waals surface area contributed by atoms with E-state index in [1.54, 1.807) is 0 Å². The van der Waals surface area contributed by atoms with E-state index in [4.69, 9.17) is 14.8 Å². The second-order valence-corrected chi connectivity index (χ2v) is 5.49. The lowest BCUT2D eigenvalue weighted by Gasteiger charge is -2.02. The normalized spacial score (nSPS) is 12.7. The second-order valence-electron chi connectivity index (χ2n) is 2.64. The van der Waals surface area contributed by atoms with Crippen molar-refractivity contribution in [3.05, 3.63) is 18.2 Å². The van der Waals surface area contributed by atoms with E-state index in [2.05, 4.69) is 0 Å². The molecular formula is C6H6NO6S2. The molecule has 0 saturated carbocycles. The SMILES string of the molecule is [NH]c1cc(S(=O)(=O)O)cc(S(=O)(=O)O)c1. The van der Waals surface area contributed by atoms with Crippen LogP contribution in [0.1, 0.15) is 0 Å². The molecule has 1 aromatic carbocycles. The first-order chi connectivity index (χ1) is 6.60. The zero-order valence-corrected chi connectivity index (χ0v) is 8.71. The van der Waals surface area contributed by atoms with Crippen LogP contribution in [0.3, 0.4) is 0 Å². The lowest BCUT2D eigenvalue weighted by molar-refractivity contribution is 0.481. The molecule has 0 heterocycles. The summed E-state index contributed by atoms with van der Waals surface area (Å²) in [5, 5.41) is 0. The number of rotatable bonds is 2. The third kappa shape index (κ3) is 2.89. The van der Waals surface area contributed by atoms with E-state index in [0.29, 0.717) is 6.07 Å². The predicted octanol–water partition coefficient (Wildman–Crippen LogP) is 0.0944. The number of nitrogens with one attached hydrogen (secondary N) is 1. The van der Waals surface area contributed by atoms with Crippen LogP contribution >= 0.6 is 0 Å². The Hall–Kier alpha value is -1.16. The monoisotopic (exact) mass is 252 g/mol. The van der Waals surface area contributed by atoms with E-state index < -0.39 is 35.7 Å². The average molecular weight is 252 g/mol. The minimum atomic E-state index is -4.60. The zero-order chi connectivity index (χ0) is 11.9. The van der Waals surface area contributed by atoms with E-state index in [9.17, 15) is 16.8 Å². The third-order valence-corrected chi connectivity index (χ3v) is 3.14. The molecule has 0 bridgehead atoms. The second kappa shape index (κ2) is 3.45. The summed E-state index contributed by atoms with van der Waals surface area (Å²) >= 11 is 0. The Morgan fingerprint density at radius 3 is 1.47 bits per heavy atom. The van der Waals surface area contributed by atoms with Crippen molar-refractivity contribution in [3.8, 4) is 0 Å². The molecule has 0 atom stereocenters. The van der Waals surface area contributed by atoms with Crippen molar-refractivity contribution in [1.82, 2.24) is 5.73 Å². The molecule has 15 heavy (non-hydrogen) atoms. The van der Waals surface area contributed by atoms with Crippen LogP contribution in [0.2, 0.25) is 0 Å². The van der Waals surface area contributed by atoms with Crippen LogP contribution in [-0.4, -0.2) is 25.9 Å². The molecule has 7 nitrogen and oxygen atoms in total. The smallest absolute Gasteiger partial charge is 0.294 e. The summed E-state index contributed by atoms with van der Waals surface area (Å²) in [5.41, 5.74) is 6.63. The Kier molecular flexibility index (Phi) is 2.74. The molecule has 3 N–H and O–H groups in total. The van der Waals surface area contributed by atoms with Gasteiger partial charge >= 0.3 is 0 Å². The maximum Gasteiger partial charge on any atom is 0.294 e. The molecule has 1 rings (SSSR count). The predicted molar refractivity (Wildman–Crippen MR) is 48.8 cm³/mol. The lowest BCUT2D eigenvalue weighted by Crippen LogP contribution is -2.03. The minimum Gasteiger partial charge on any atom is -0.301 e. The summed E-state index contributed by atoms with van der Waals surface area (Å²) in [6, 6.07) is 2.07. The highest BCUT2D eigenvalue weighted by Crippen LogP contribution is 2.20. The average Bonchev–Trinajstić information content (AvgIpc) is 1.99. The highest BCUT2D eigenvalue weighted by molar-refractivity contribution is 7.86. The fourth-order valence-corrected chi connectivity index (χ4v) is 2.05. The van der Waals surface area contributed by atoms with Crippen LogP contribution in [-0.2, 0) is 20.2 Å². The molecule has 0 amide bonds. The number of benzene rings is 1. The van der Waals surface area contributed by atoms with Gasteiger partial charge in [0, 0.05) is 0 Å². The highest BCUT2D eigenvalue weighted by atomic mass is 32.2. The third-order valence-electron chi connectivity index (χ3n) is 1.48. The van der Waals surface area contributed by atoms with Gasteiger partial charge in [0.25, 0.3) is 20.2 Å². The van der Waals surface area contributed by atoms with Crippen LogP contribution < -0.4 is 5.73 Å². The van der Waals surface area contributed by atoms with Crippen molar-refractivity contribution in [2.45, 2.75) is 9.79 Å². The van der Waals surface area contributed by atoms with Crippen molar-refractivity contribution in [2.75, 3.05) is 0 Å². The fraction of sp³-hybridized carbons (Fsp3) is 0. The van der Waals surface area contributed by atoms with Crippen LogP contribution in [0.4, 0.5) is 5.69 Å². The van der Waals surface area contributed by atoms with Gasteiger partial charge in [0.1, 0.15) is 0 Å². The zero-order valence-electron chi connectivity index (χ0n) is 7.08. The van der Waals surface area contributed by atoms with Gasteiger partial charge in [0.15, 0.2) is 0 Å². The quantitative estimate of drug-likeness (QED) is 0.717.